The van der Waals surface area contributed by atoms with Crippen LogP contribution in [0.2, 0.25) is 0 Å². The van der Waals surface area contributed by atoms with Crippen molar-refractivity contribution < 1.29 is 4.74 Å². The highest BCUT2D eigenvalue weighted by molar-refractivity contribution is 5.05. The van der Waals surface area contributed by atoms with E-state index in [9.17, 15) is 0 Å². The maximum Gasteiger partial charge on any atom is 0.211 e. The van der Waals surface area contributed by atoms with Gasteiger partial charge in [0.15, 0.2) is 0 Å². The van der Waals surface area contributed by atoms with Crippen LogP contribution in [0.25, 0.3) is 0 Å². The molecule has 1 heterocycles. The predicted molar refractivity (Wildman–Crippen MR) is 29.8 cm³/mol. The van der Waals surface area contributed by atoms with Gasteiger partial charge >= 0.3 is 0 Å². The van der Waals surface area contributed by atoms with E-state index in [1.165, 1.54) is 0 Å². The van der Waals surface area contributed by atoms with E-state index >= 15 is 0 Å². The second kappa shape index (κ2) is 1.86. The molecule has 3 nitrogen and oxygen atoms in total. The first kappa shape index (κ1) is 5.15. The minimum atomic E-state index is 0.782. The Labute approximate surface area is 47.9 Å². The van der Waals surface area contributed by atoms with E-state index in [1.54, 1.807) is 24.1 Å². The van der Waals surface area contributed by atoms with E-state index in [0.717, 1.165) is 5.88 Å². The molecule has 0 aromatic carbocycles. The van der Waals surface area contributed by atoms with Crippen LogP contribution in [0, 0.1) is 0 Å². The van der Waals surface area contributed by atoms with Crippen molar-refractivity contribution in [2.45, 2.75) is 0 Å². The summed E-state index contributed by atoms with van der Waals surface area (Å²) >= 11 is 0. The number of rotatable bonds is 1. The quantitative estimate of drug-likeness (QED) is 0.526. The molecular weight excluding hydrogens is 104 g/mol. The summed E-state index contributed by atoms with van der Waals surface area (Å²) < 4.78 is 6.55. The van der Waals surface area contributed by atoms with Gasteiger partial charge < -0.3 is 4.74 Å². The van der Waals surface area contributed by atoms with Crippen molar-refractivity contribution >= 4 is 0 Å². The molecule has 1 aromatic rings. The maximum absolute atomic E-state index is 4.89. The number of methoxy groups -OCH3 is 1. The van der Waals surface area contributed by atoms with Crippen LogP contribution in [-0.4, -0.2) is 16.9 Å². The second-order valence-electron chi connectivity index (χ2n) is 1.50. The van der Waals surface area contributed by atoms with Crippen LogP contribution >= 0.6 is 0 Å². The van der Waals surface area contributed by atoms with E-state index in [1.807, 2.05) is 7.05 Å². The standard InChI is InChI=1S/C5H8N2O/c1-7-5(8-2)3-4-6-7/h3-4H,1-2H3. The monoisotopic (exact) mass is 112 g/mol. The first-order chi connectivity index (χ1) is 3.84. The van der Waals surface area contributed by atoms with Gasteiger partial charge in [-0.15, -0.1) is 0 Å². The van der Waals surface area contributed by atoms with Crippen molar-refractivity contribution in [3.05, 3.63) is 12.3 Å². The Morgan fingerprint density at radius 3 is 2.75 bits per heavy atom. The fourth-order valence-electron chi connectivity index (χ4n) is 0.562. The molecule has 0 amide bonds. The molecule has 0 saturated heterocycles. The highest BCUT2D eigenvalue weighted by atomic mass is 16.5. The van der Waals surface area contributed by atoms with Gasteiger partial charge in [-0.1, -0.05) is 0 Å². The van der Waals surface area contributed by atoms with Crippen LogP contribution in [0.3, 0.4) is 0 Å². The molecule has 0 radical (unpaired) electrons. The third kappa shape index (κ3) is 0.665. The lowest BCUT2D eigenvalue weighted by Crippen LogP contribution is -1.93. The van der Waals surface area contributed by atoms with Crippen molar-refractivity contribution in [1.29, 1.82) is 0 Å². The molecule has 0 fully saturated rings. The SMILES string of the molecule is COc1ccnn1C. The third-order valence-electron chi connectivity index (χ3n) is 0.985. The van der Waals surface area contributed by atoms with Gasteiger partial charge in [0.25, 0.3) is 0 Å². The number of ether oxygens (including phenoxy) is 1. The van der Waals surface area contributed by atoms with Crippen molar-refractivity contribution in [2.24, 2.45) is 7.05 Å². The lowest BCUT2D eigenvalue weighted by molar-refractivity contribution is 0.373. The molecule has 1 rings (SSSR count). The molecule has 0 saturated carbocycles. The number of aryl methyl sites for hydroxylation is 1. The normalized spacial score (nSPS) is 9.25. The zero-order valence-corrected chi connectivity index (χ0v) is 4.96. The fourth-order valence-corrected chi connectivity index (χ4v) is 0.562. The van der Waals surface area contributed by atoms with Gasteiger partial charge in [-0.2, -0.15) is 5.10 Å². The van der Waals surface area contributed by atoms with E-state index in [4.69, 9.17) is 4.74 Å². The summed E-state index contributed by atoms with van der Waals surface area (Å²) in [6.07, 6.45) is 1.69. The van der Waals surface area contributed by atoms with Gasteiger partial charge in [0.05, 0.1) is 13.3 Å². The molecule has 1 aromatic heterocycles. The molecule has 0 unspecified atom stereocenters. The second-order valence-corrected chi connectivity index (χ2v) is 1.50. The molecule has 0 N–H and O–H groups in total. The van der Waals surface area contributed by atoms with E-state index < -0.39 is 0 Å². The summed E-state index contributed by atoms with van der Waals surface area (Å²) in [4.78, 5) is 0. The molecule has 0 bridgehead atoms. The molecule has 0 aliphatic carbocycles. The molecule has 3 heteroatoms. The van der Waals surface area contributed by atoms with Gasteiger partial charge in [0, 0.05) is 13.1 Å². The van der Waals surface area contributed by atoms with Crippen LogP contribution in [-0.2, 0) is 7.05 Å². The average Bonchev–Trinajstić information content (AvgIpc) is 2.14. The number of hydrogen-bond acceptors (Lipinski definition) is 2. The average molecular weight is 112 g/mol. The summed E-state index contributed by atoms with van der Waals surface area (Å²) in [6.45, 7) is 0. The van der Waals surface area contributed by atoms with E-state index in [2.05, 4.69) is 5.10 Å². The lowest BCUT2D eigenvalue weighted by Gasteiger charge is -1.95. The van der Waals surface area contributed by atoms with Crippen LogP contribution in [0.15, 0.2) is 12.3 Å². The van der Waals surface area contributed by atoms with Crippen LogP contribution in [0.4, 0.5) is 0 Å². The van der Waals surface area contributed by atoms with E-state index in [-0.39, 0.29) is 0 Å². The molecule has 44 valence electrons. The smallest absolute Gasteiger partial charge is 0.211 e. The maximum atomic E-state index is 4.89. The van der Waals surface area contributed by atoms with Crippen LogP contribution < -0.4 is 4.74 Å². The number of nitrogens with zero attached hydrogens (tertiary/aromatic N) is 2. The Morgan fingerprint density at radius 1 is 1.75 bits per heavy atom. The van der Waals surface area contributed by atoms with Gasteiger partial charge in [-0.25, -0.2) is 4.68 Å². The van der Waals surface area contributed by atoms with Crippen LogP contribution in [0.1, 0.15) is 0 Å². The van der Waals surface area contributed by atoms with Gasteiger partial charge in [0.2, 0.25) is 5.88 Å². The minimum absolute atomic E-state index is 0.782. The topological polar surface area (TPSA) is 27.1 Å². The first-order valence-corrected chi connectivity index (χ1v) is 2.36. The molecule has 0 atom stereocenters. The summed E-state index contributed by atoms with van der Waals surface area (Å²) in [5, 5.41) is 3.88. The Balaban J connectivity index is 2.92. The molecule has 0 aliphatic heterocycles. The number of aromatic nitrogens is 2. The Kier molecular flexibility index (Phi) is 1.20. The summed E-state index contributed by atoms with van der Waals surface area (Å²) in [6, 6.07) is 1.81. The number of hydrogen-bond donors (Lipinski definition) is 0. The Hall–Kier alpha value is -0.990. The molecular formula is C5H8N2O. The van der Waals surface area contributed by atoms with Crippen molar-refractivity contribution in [1.82, 2.24) is 9.78 Å². The minimum Gasteiger partial charge on any atom is -0.481 e. The lowest BCUT2D eigenvalue weighted by atomic mass is 10.7. The third-order valence-corrected chi connectivity index (χ3v) is 0.985. The largest absolute Gasteiger partial charge is 0.481 e. The van der Waals surface area contributed by atoms with Gasteiger partial charge in [-0.3, -0.25) is 0 Å². The van der Waals surface area contributed by atoms with Gasteiger partial charge in [-0.05, 0) is 0 Å². The summed E-state index contributed by atoms with van der Waals surface area (Å²) in [7, 11) is 3.45. The zero-order valence-electron chi connectivity index (χ0n) is 4.96. The molecule has 0 aliphatic rings. The Morgan fingerprint density at radius 2 is 2.50 bits per heavy atom. The zero-order chi connectivity index (χ0) is 5.98. The van der Waals surface area contributed by atoms with Crippen molar-refractivity contribution in [2.75, 3.05) is 7.11 Å². The fraction of sp³-hybridized carbons (Fsp3) is 0.400. The molecule has 8 heavy (non-hydrogen) atoms. The Bertz CT molecular complexity index is 171. The highest BCUT2D eigenvalue weighted by Gasteiger charge is 1.91. The molecule has 0 spiro atoms. The predicted octanol–water partition coefficient (Wildman–Crippen LogP) is 0.429. The first-order valence-electron chi connectivity index (χ1n) is 2.36. The van der Waals surface area contributed by atoms with Gasteiger partial charge in [0.1, 0.15) is 0 Å². The highest BCUT2D eigenvalue weighted by Crippen LogP contribution is 2.03. The summed E-state index contributed by atoms with van der Waals surface area (Å²) in [5.41, 5.74) is 0. The van der Waals surface area contributed by atoms with E-state index in [0.29, 0.717) is 0 Å². The summed E-state index contributed by atoms with van der Waals surface area (Å²) in [5.74, 6) is 0.782. The van der Waals surface area contributed by atoms with Crippen molar-refractivity contribution in [3.63, 3.8) is 0 Å². The van der Waals surface area contributed by atoms with Crippen molar-refractivity contribution in [3.8, 4) is 5.88 Å². The van der Waals surface area contributed by atoms with Crippen LogP contribution in [0.5, 0.6) is 5.88 Å².